The van der Waals surface area contributed by atoms with Crippen LogP contribution in [0.3, 0.4) is 0 Å². The molecule has 1 N–H and O–H groups in total. The number of rotatable bonds is 5. The molecule has 3 fully saturated rings. The average Bonchev–Trinajstić information content (AvgIpc) is 3.29. The first-order valence-electron chi connectivity index (χ1n) is 9.57. The minimum Gasteiger partial charge on any atom is -0.480 e. The summed E-state index contributed by atoms with van der Waals surface area (Å²) in [6, 6.07) is -0.530. The Morgan fingerprint density at radius 2 is 2.04 bits per heavy atom. The van der Waals surface area contributed by atoms with Crippen LogP contribution >= 0.6 is 0 Å². The van der Waals surface area contributed by atoms with Crippen molar-refractivity contribution in [1.29, 1.82) is 0 Å². The number of carboxylic acid groups (broad SMARTS) is 1. The zero-order valence-corrected chi connectivity index (χ0v) is 15.2. The van der Waals surface area contributed by atoms with Crippen LogP contribution in [0.2, 0.25) is 0 Å². The summed E-state index contributed by atoms with van der Waals surface area (Å²) < 4.78 is 5.25. The van der Waals surface area contributed by atoms with Crippen LogP contribution in [0.1, 0.15) is 50.7 Å². The van der Waals surface area contributed by atoms with Gasteiger partial charge in [0.25, 0.3) is 0 Å². The Balaban J connectivity index is 1.42. The van der Waals surface area contributed by atoms with Crippen molar-refractivity contribution in [1.82, 2.24) is 19.9 Å². The number of carbonyl (C=O) groups is 2. The third kappa shape index (κ3) is 3.34. The van der Waals surface area contributed by atoms with Gasteiger partial charge in [0, 0.05) is 32.0 Å². The molecule has 3 heterocycles. The van der Waals surface area contributed by atoms with Crippen LogP contribution in [0, 0.1) is 11.3 Å². The van der Waals surface area contributed by atoms with Crippen molar-refractivity contribution in [3.05, 3.63) is 11.7 Å². The van der Waals surface area contributed by atoms with Gasteiger partial charge < -0.3 is 14.5 Å². The number of amides is 1. The SMILES string of the molecule is CCc1noc(CN2CC3(CCN(C(=O)C4CC4)CC3)C[C@@H]2C(=O)O)n1. The maximum absolute atomic E-state index is 12.3. The van der Waals surface area contributed by atoms with Gasteiger partial charge in [-0.2, -0.15) is 4.98 Å². The number of carboxylic acids is 1. The van der Waals surface area contributed by atoms with Gasteiger partial charge in [-0.25, -0.2) is 0 Å². The first-order valence-corrected chi connectivity index (χ1v) is 9.57. The van der Waals surface area contributed by atoms with Gasteiger partial charge in [-0.1, -0.05) is 12.1 Å². The Kier molecular flexibility index (Phi) is 4.46. The van der Waals surface area contributed by atoms with E-state index in [1.165, 1.54) is 0 Å². The lowest BCUT2D eigenvalue weighted by Gasteiger charge is -2.39. The molecule has 0 unspecified atom stereocenters. The van der Waals surface area contributed by atoms with Crippen molar-refractivity contribution in [3.63, 3.8) is 0 Å². The molecule has 1 aromatic heterocycles. The highest BCUT2D eigenvalue weighted by Gasteiger charge is 2.49. The standard InChI is InChI=1S/C18H26N4O4/c1-2-14-19-15(26-20-14)10-22-11-18(9-13(22)17(24)25)5-7-21(8-6-18)16(23)12-3-4-12/h12-13H,2-11H2,1H3,(H,24,25)/t13-/m1/s1. The van der Waals surface area contributed by atoms with E-state index < -0.39 is 12.0 Å². The highest BCUT2D eigenvalue weighted by Crippen LogP contribution is 2.44. The average molecular weight is 362 g/mol. The summed E-state index contributed by atoms with van der Waals surface area (Å²) in [4.78, 5) is 32.3. The molecule has 26 heavy (non-hydrogen) atoms. The number of aliphatic carboxylic acids is 1. The zero-order valence-electron chi connectivity index (χ0n) is 15.2. The molecule has 0 bridgehead atoms. The third-order valence-corrected chi connectivity index (χ3v) is 6.12. The zero-order chi connectivity index (χ0) is 18.3. The van der Waals surface area contributed by atoms with E-state index in [9.17, 15) is 14.7 Å². The molecule has 8 nitrogen and oxygen atoms in total. The Hall–Kier alpha value is -1.96. The first-order chi connectivity index (χ1) is 12.5. The number of hydrogen-bond acceptors (Lipinski definition) is 6. The molecule has 142 valence electrons. The highest BCUT2D eigenvalue weighted by atomic mass is 16.5. The molecule has 0 aromatic carbocycles. The lowest BCUT2D eigenvalue weighted by Crippen LogP contribution is -2.44. The van der Waals surface area contributed by atoms with Crippen molar-refractivity contribution in [2.45, 2.75) is 58.0 Å². The Morgan fingerprint density at radius 1 is 1.31 bits per heavy atom. The second-order valence-electron chi connectivity index (χ2n) is 8.02. The lowest BCUT2D eigenvalue weighted by atomic mass is 9.76. The number of piperidine rings is 1. The molecule has 1 saturated carbocycles. The van der Waals surface area contributed by atoms with E-state index >= 15 is 0 Å². The fraction of sp³-hybridized carbons (Fsp3) is 0.778. The molecular formula is C18H26N4O4. The van der Waals surface area contributed by atoms with Gasteiger partial charge in [0.05, 0.1) is 6.54 Å². The lowest BCUT2D eigenvalue weighted by molar-refractivity contribution is -0.142. The van der Waals surface area contributed by atoms with E-state index in [0.717, 1.165) is 38.8 Å². The predicted octanol–water partition coefficient (Wildman–Crippen LogP) is 1.31. The molecule has 3 aliphatic rings. The van der Waals surface area contributed by atoms with Gasteiger partial charge in [0.2, 0.25) is 11.8 Å². The van der Waals surface area contributed by atoms with Gasteiger partial charge in [0.15, 0.2) is 5.82 Å². The smallest absolute Gasteiger partial charge is 0.320 e. The summed E-state index contributed by atoms with van der Waals surface area (Å²) in [6.07, 6.45) is 5.12. The summed E-state index contributed by atoms with van der Waals surface area (Å²) in [6.45, 7) is 4.53. The predicted molar refractivity (Wildman–Crippen MR) is 91.1 cm³/mol. The number of carbonyl (C=O) groups excluding carboxylic acids is 1. The van der Waals surface area contributed by atoms with E-state index in [1.807, 2.05) is 16.7 Å². The molecule has 4 rings (SSSR count). The van der Waals surface area contributed by atoms with Gasteiger partial charge in [0.1, 0.15) is 6.04 Å². The fourth-order valence-corrected chi connectivity index (χ4v) is 4.38. The number of hydrogen-bond donors (Lipinski definition) is 1. The van der Waals surface area contributed by atoms with Crippen LogP contribution in [0.4, 0.5) is 0 Å². The van der Waals surface area contributed by atoms with Crippen molar-refractivity contribution in [2.24, 2.45) is 11.3 Å². The molecule has 1 spiro atoms. The van der Waals surface area contributed by atoms with Gasteiger partial charge in [-0.15, -0.1) is 0 Å². The number of aromatic nitrogens is 2. The molecule has 1 atom stereocenters. The van der Waals surface area contributed by atoms with E-state index in [2.05, 4.69) is 10.1 Å². The molecule has 1 aliphatic carbocycles. The maximum Gasteiger partial charge on any atom is 0.320 e. The molecule has 0 radical (unpaired) electrons. The second kappa shape index (κ2) is 6.64. The summed E-state index contributed by atoms with van der Waals surface area (Å²) in [5, 5.41) is 13.6. The molecule has 2 aliphatic heterocycles. The Labute approximate surface area is 152 Å². The van der Waals surface area contributed by atoms with Crippen molar-refractivity contribution >= 4 is 11.9 Å². The van der Waals surface area contributed by atoms with Crippen LogP contribution in [0.15, 0.2) is 4.52 Å². The van der Waals surface area contributed by atoms with Gasteiger partial charge in [-0.3, -0.25) is 14.5 Å². The molecule has 1 amide bonds. The monoisotopic (exact) mass is 362 g/mol. The van der Waals surface area contributed by atoms with E-state index in [4.69, 9.17) is 4.52 Å². The minimum absolute atomic E-state index is 0.0308. The van der Waals surface area contributed by atoms with Crippen LogP contribution in [-0.4, -0.2) is 62.6 Å². The van der Waals surface area contributed by atoms with E-state index in [0.29, 0.717) is 43.6 Å². The summed E-state index contributed by atoms with van der Waals surface area (Å²) in [5.41, 5.74) is -0.0308. The summed E-state index contributed by atoms with van der Waals surface area (Å²) in [5.74, 6) is 0.872. The molecule has 1 aromatic rings. The van der Waals surface area contributed by atoms with Gasteiger partial charge in [-0.05, 0) is 37.5 Å². The minimum atomic E-state index is -0.798. The normalized spacial score (nSPS) is 25.7. The van der Waals surface area contributed by atoms with Crippen LogP contribution < -0.4 is 0 Å². The van der Waals surface area contributed by atoms with Crippen LogP contribution in [0.5, 0.6) is 0 Å². The third-order valence-electron chi connectivity index (χ3n) is 6.12. The number of nitrogens with zero attached hydrogens (tertiary/aromatic N) is 4. The summed E-state index contributed by atoms with van der Waals surface area (Å²) >= 11 is 0. The largest absolute Gasteiger partial charge is 0.480 e. The summed E-state index contributed by atoms with van der Waals surface area (Å²) in [7, 11) is 0. The topological polar surface area (TPSA) is 99.8 Å². The molecule has 8 heteroatoms. The Bertz CT molecular complexity index is 691. The Morgan fingerprint density at radius 3 is 2.62 bits per heavy atom. The first kappa shape index (κ1) is 17.5. The van der Waals surface area contributed by atoms with Gasteiger partial charge >= 0.3 is 5.97 Å². The van der Waals surface area contributed by atoms with Crippen molar-refractivity contribution < 1.29 is 19.2 Å². The van der Waals surface area contributed by atoms with Crippen molar-refractivity contribution in [3.8, 4) is 0 Å². The number of likely N-dealkylation sites (tertiary alicyclic amines) is 2. The van der Waals surface area contributed by atoms with Crippen molar-refractivity contribution in [2.75, 3.05) is 19.6 Å². The fourth-order valence-electron chi connectivity index (χ4n) is 4.38. The number of aryl methyl sites for hydroxylation is 1. The maximum atomic E-state index is 12.3. The van der Waals surface area contributed by atoms with Crippen LogP contribution in [-0.2, 0) is 22.6 Å². The molecular weight excluding hydrogens is 336 g/mol. The second-order valence-corrected chi connectivity index (χ2v) is 8.02. The van der Waals surface area contributed by atoms with E-state index in [1.54, 1.807) is 0 Å². The highest BCUT2D eigenvalue weighted by molar-refractivity contribution is 5.81. The van der Waals surface area contributed by atoms with Crippen LogP contribution in [0.25, 0.3) is 0 Å². The molecule has 2 saturated heterocycles. The quantitative estimate of drug-likeness (QED) is 0.843. The van der Waals surface area contributed by atoms with E-state index in [-0.39, 0.29) is 11.3 Å².